The van der Waals surface area contributed by atoms with Gasteiger partial charge in [0.15, 0.2) is 0 Å². The molecule has 0 aromatic heterocycles. The van der Waals surface area contributed by atoms with Gasteiger partial charge in [-0.1, -0.05) is 6.92 Å². The highest BCUT2D eigenvalue weighted by Crippen LogP contribution is 1.89. The van der Waals surface area contributed by atoms with E-state index in [1.54, 1.807) is 7.05 Å². The Balaban J connectivity index is 3.33. The molecule has 0 radical (unpaired) electrons. The second-order valence-corrected chi connectivity index (χ2v) is 1.50. The Morgan fingerprint density at radius 2 is 2.25 bits per heavy atom. The molecule has 46 valence electrons. The lowest BCUT2D eigenvalue weighted by Gasteiger charge is -1.87. The molecule has 0 aliphatic heterocycles. The first-order valence-corrected chi connectivity index (χ1v) is 2.68. The summed E-state index contributed by atoms with van der Waals surface area (Å²) in [7, 11) is 1.57. The summed E-state index contributed by atoms with van der Waals surface area (Å²) in [6.07, 6.45) is 1.70. The van der Waals surface area contributed by atoms with Gasteiger partial charge in [-0.3, -0.25) is 5.41 Å². The predicted molar refractivity (Wildman–Crippen MR) is 33.4 cm³/mol. The predicted octanol–water partition coefficient (Wildman–Crippen LogP) is 1.85. The topological polar surface area (TPSA) is 48.6 Å². The molecule has 0 rings (SSSR count). The summed E-state index contributed by atoms with van der Waals surface area (Å²) in [5.41, 5.74) is 0. The van der Waals surface area contributed by atoms with Gasteiger partial charge in [-0.05, 0) is 6.42 Å². The Kier molecular flexibility index (Phi) is 4.03. The van der Waals surface area contributed by atoms with Crippen molar-refractivity contribution in [3.8, 4) is 0 Å². The van der Waals surface area contributed by atoms with Crippen LogP contribution in [0, 0.1) is 5.41 Å². The normalized spacial score (nSPS) is 10.2. The second-order valence-electron chi connectivity index (χ2n) is 1.50. The molecular formula is C5H11N3. The van der Waals surface area contributed by atoms with Crippen LogP contribution in [0.1, 0.15) is 19.8 Å². The van der Waals surface area contributed by atoms with Gasteiger partial charge in [0.2, 0.25) is 0 Å². The zero-order valence-electron chi connectivity index (χ0n) is 5.31. The van der Waals surface area contributed by atoms with Crippen molar-refractivity contribution in [2.24, 2.45) is 10.2 Å². The van der Waals surface area contributed by atoms with E-state index in [1.807, 2.05) is 6.92 Å². The van der Waals surface area contributed by atoms with Crippen molar-refractivity contribution >= 4 is 5.84 Å². The Labute approximate surface area is 49.3 Å². The van der Waals surface area contributed by atoms with E-state index in [9.17, 15) is 0 Å². The molecule has 0 aromatic carbocycles. The number of hydrogen-bond donors (Lipinski definition) is 1. The monoisotopic (exact) mass is 113 g/mol. The minimum absolute atomic E-state index is 0.370. The Morgan fingerprint density at radius 3 is 2.62 bits per heavy atom. The summed E-state index contributed by atoms with van der Waals surface area (Å²) < 4.78 is 0. The van der Waals surface area contributed by atoms with Gasteiger partial charge in [-0.25, -0.2) is 0 Å². The first kappa shape index (κ1) is 7.27. The first-order chi connectivity index (χ1) is 3.81. The Bertz CT molecular complexity index is 95.8. The maximum Gasteiger partial charge on any atom is 0.142 e. The third-order valence-electron chi connectivity index (χ3n) is 0.708. The van der Waals surface area contributed by atoms with Crippen LogP contribution in [-0.4, -0.2) is 12.9 Å². The van der Waals surface area contributed by atoms with E-state index in [0.717, 1.165) is 12.8 Å². The van der Waals surface area contributed by atoms with Crippen molar-refractivity contribution in [3.63, 3.8) is 0 Å². The molecular weight excluding hydrogens is 102 g/mol. The lowest BCUT2D eigenvalue weighted by atomic mass is 10.3. The zero-order chi connectivity index (χ0) is 6.41. The summed E-state index contributed by atoms with van der Waals surface area (Å²) >= 11 is 0. The summed E-state index contributed by atoms with van der Waals surface area (Å²) in [6.45, 7) is 2.01. The van der Waals surface area contributed by atoms with Gasteiger partial charge in [-0.2, -0.15) is 5.11 Å². The number of rotatable bonds is 2. The van der Waals surface area contributed by atoms with E-state index in [0.29, 0.717) is 5.84 Å². The van der Waals surface area contributed by atoms with Gasteiger partial charge in [0, 0.05) is 13.5 Å². The maximum atomic E-state index is 7.03. The van der Waals surface area contributed by atoms with Gasteiger partial charge >= 0.3 is 0 Å². The number of azo groups is 1. The highest BCUT2D eigenvalue weighted by atomic mass is 15.1. The maximum absolute atomic E-state index is 7.03. The van der Waals surface area contributed by atoms with E-state index in [1.165, 1.54) is 0 Å². The molecule has 0 saturated heterocycles. The lowest BCUT2D eigenvalue weighted by molar-refractivity contribution is 0.960. The molecule has 0 unspecified atom stereocenters. The quantitative estimate of drug-likeness (QED) is 0.323. The lowest BCUT2D eigenvalue weighted by Crippen LogP contribution is -1.86. The fraction of sp³-hybridized carbons (Fsp3) is 0.800. The highest BCUT2D eigenvalue weighted by Gasteiger charge is 1.86. The molecule has 0 aromatic rings. The largest absolute Gasteiger partial charge is 0.285 e. The van der Waals surface area contributed by atoms with Crippen LogP contribution in [0.3, 0.4) is 0 Å². The molecule has 0 aliphatic rings. The molecule has 0 saturated carbocycles. The summed E-state index contributed by atoms with van der Waals surface area (Å²) in [6, 6.07) is 0. The van der Waals surface area contributed by atoms with Crippen LogP contribution in [0.4, 0.5) is 0 Å². The molecule has 0 heterocycles. The smallest absolute Gasteiger partial charge is 0.142 e. The number of nitrogens with one attached hydrogen (secondary N) is 1. The van der Waals surface area contributed by atoms with Crippen molar-refractivity contribution in [1.82, 2.24) is 0 Å². The van der Waals surface area contributed by atoms with E-state index in [4.69, 9.17) is 5.41 Å². The highest BCUT2D eigenvalue weighted by molar-refractivity contribution is 5.79. The molecule has 3 nitrogen and oxygen atoms in total. The van der Waals surface area contributed by atoms with Gasteiger partial charge in [0.05, 0.1) is 0 Å². The minimum atomic E-state index is 0.370. The summed E-state index contributed by atoms with van der Waals surface area (Å²) in [5.74, 6) is 0.370. The molecule has 0 bridgehead atoms. The Morgan fingerprint density at radius 1 is 1.62 bits per heavy atom. The number of amidine groups is 1. The van der Waals surface area contributed by atoms with Gasteiger partial charge in [0.1, 0.15) is 5.84 Å². The van der Waals surface area contributed by atoms with Crippen molar-refractivity contribution in [2.45, 2.75) is 19.8 Å². The van der Waals surface area contributed by atoms with Crippen LogP contribution in [0.15, 0.2) is 10.2 Å². The van der Waals surface area contributed by atoms with Crippen LogP contribution in [0.2, 0.25) is 0 Å². The average Bonchev–Trinajstić information content (AvgIpc) is 1.68. The Hall–Kier alpha value is -0.730. The molecule has 0 amide bonds. The van der Waals surface area contributed by atoms with Crippen LogP contribution in [0.25, 0.3) is 0 Å². The summed E-state index contributed by atoms with van der Waals surface area (Å²) in [4.78, 5) is 0. The molecule has 3 heteroatoms. The molecule has 0 fully saturated rings. The molecule has 8 heavy (non-hydrogen) atoms. The van der Waals surface area contributed by atoms with Crippen LogP contribution >= 0.6 is 0 Å². The fourth-order valence-electron chi connectivity index (χ4n) is 0.408. The van der Waals surface area contributed by atoms with Gasteiger partial charge in [0.25, 0.3) is 0 Å². The average molecular weight is 113 g/mol. The summed E-state index contributed by atoms with van der Waals surface area (Å²) in [5, 5.41) is 14.0. The van der Waals surface area contributed by atoms with E-state index < -0.39 is 0 Å². The van der Waals surface area contributed by atoms with Crippen LogP contribution in [-0.2, 0) is 0 Å². The second kappa shape index (κ2) is 4.43. The van der Waals surface area contributed by atoms with Crippen LogP contribution < -0.4 is 0 Å². The van der Waals surface area contributed by atoms with Crippen molar-refractivity contribution < 1.29 is 0 Å². The van der Waals surface area contributed by atoms with Crippen molar-refractivity contribution in [1.29, 1.82) is 5.41 Å². The van der Waals surface area contributed by atoms with Gasteiger partial charge in [-0.15, -0.1) is 5.11 Å². The number of nitrogens with zero attached hydrogens (tertiary/aromatic N) is 2. The van der Waals surface area contributed by atoms with E-state index in [-0.39, 0.29) is 0 Å². The molecule has 0 aliphatic carbocycles. The molecule has 1 N–H and O–H groups in total. The molecule has 0 spiro atoms. The third-order valence-corrected chi connectivity index (χ3v) is 0.708. The van der Waals surface area contributed by atoms with Crippen molar-refractivity contribution in [2.75, 3.05) is 7.05 Å². The van der Waals surface area contributed by atoms with Crippen LogP contribution in [0.5, 0.6) is 0 Å². The third kappa shape index (κ3) is 3.46. The minimum Gasteiger partial charge on any atom is -0.285 e. The van der Waals surface area contributed by atoms with E-state index >= 15 is 0 Å². The van der Waals surface area contributed by atoms with E-state index in [2.05, 4.69) is 10.2 Å². The zero-order valence-corrected chi connectivity index (χ0v) is 5.31. The standard InChI is InChI=1S/C5H11N3/c1-3-4-5(6)8-7-2/h6H,3-4H2,1-2H3. The SMILES string of the molecule is CCCC(=N)N=NC. The first-order valence-electron chi connectivity index (χ1n) is 2.68. The fourth-order valence-corrected chi connectivity index (χ4v) is 0.408. The van der Waals surface area contributed by atoms with Gasteiger partial charge < -0.3 is 0 Å². The number of hydrogen-bond acceptors (Lipinski definition) is 2. The van der Waals surface area contributed by atoms with Crippen molar-refractivity contribution in [3.05, 3.63) is 0 Å². The molecule has 0 atom stereocenters.